The molecule has 2 rings (SSSR count). The summed E-state index contributed by atoms with van der Waals surface area (Å²) in [4.78, 5) is 11.5. The van der Waals surface area contributed by atoms with Gasteiger partial charge in [0.1, 0.15) is 5.82 Å². The third kappa shape index (κ3) is 4.00. The molecule has 1 heterocycles. The van der Waals surface area contributed by atoms with Gasteiger partial charge in [0, 0.05) is 13.1 Å². The molecule has 1 aliphatic rings. The zero-order valence-electron chi connectivity index (χ0n) is 10.2. The molecule has 4 nitrogen and oxygen atoms in total. The van der Waals surface area contributed by atoms with Crippen LogP contribution < -0.4 is 16.0 Å². The van der Waals surface area contributed by atoms with Gasteiger partial charge in [0.15, 0.2) is 0 Å². The standard InChI is InChI=1S/C13H18FN3O/c14-12-3-1-10(2-4-12)8-16-13(18)17-9-11-5-6-15-7-11/h1-4,11,15H,5-9H2,(H2,16,17,18). The van der Waals surface area contributed by atoms with E-state index in [1.54, 1.807) is 12.1 Å². The minimum atomic E-state index is -0.267. The van der Waals surface area contributed by atoms with Gasteiger partial charge in [0.2, 0.25) is 0 Å². The molecule has 0 aliphatic carbocycles. The van der Waals surface area contributed by atoms with E-state index in [-0.39, 0.29) is 11.8 Å². The maximum absolute atomic E-state index is 12.7. The van der Waals surface area contributed by atoms with E-state index in [2.05, 4.69) is 16.0 Å². The van der Waals surface area contributed by atoms with Gasteiger partial charge in [-0.3, -0.25) is 0 Å². The van der Waals surface area contributed by atoms with Crippen LogP contribution in [0.4, 0.5) is 9.18 Å². The van der Waals surface area contributed by atoms with E-state index >= 15 is 0 Å². The Kier molecular flexibility index (Phi) is 4.52. The summed E-state index contributed by atoms with van der Waals surface area (Å²) in [5.41, 5.74) is 0.883. The van der Waals surface area contributed by atoms with E-state index < -0.39 is 0 Å². The highest BCUT2D eigenvalue weighted by atomic mass is 19.1. The average molecular weight is 251 g/mol. The molecule has 1 atom stereocenters. The van der Waals surface area contributed by atoms with Gasteiger partial charge >= 0.3 is 6.03 Å². The minimum Gasteiger partial charge on any atom is -0.338 e. The summed E-state index contributed by atoms with van der Waals surface area (Å²) in [6.45, 7) is 3.11. The summed E-state index contributed by atoms with van der Waals surface area (Å²) >= 11 is 0. The van der Waals surface area contributed by atoms with Gasteiger partial charge in [0.25, 0.3) is 0 Å². The molecule has 5 heteroatoms. The number of benzene rings is 1. The molecular weight excluding hydrogens is 233 g/mol. The second-order valence-corrected chi connectivity index (χ2v) is 4.55. The van der Waals surface area contributed by atoms with E-state index in [0.717, 1.165) is 25.1 Å². The van der Waals surface area contributed by atoms with Crippen molar-refractivity contribution in [3.8, 4) is 0 Å². The van der Waals surface area contributed by atoms with Gasteiger partial charge in [-0.05, 0) is 43.1 Å². The van der Waals surface area contributed by atoms with Crippen molar-refractivity contribution < 1.29 is 9.18 Å². The number of halogens is 1. The highest BCUT2D eigenvalue weighted by molar-refractivity contribution is 5.73. The first-order chi connectivity index (χ1) is 8.74. The number of urea groups is 1. The number of carbonyl (C=O) groups is 1. The van der Waals surface area contributed by atoms with Gasteiger partial charge in [-0.2, -0.15) is 0 Å². The number of hydrogen-bond acceptors (Lipinski definition) is 2. The van der Waals surface area contributed by atoms with Crippen LogP contribution in [0.15, 0.2) is 24.3 Å². The fourth-order valence-electron chi connectivity index (χ4n) is 1.97. The molecule has 0 saturated carbocycles. The van der Waals surface area contributed by atoms with Crippen LogP contribution in [0.3, 0.4) is 0 Å². The Balaban J connectivity index is 1.66. The molecule has 0 radical (unpaired) electrons. The molecule has 3 N–H and O–H groups in total. The van der Waals surface area contributed by atoms with Crippen molar-refractivity contribution in [1.29, 1.82) is 0 Å². The summed E-state index contributed by atoms with van der Waals surface area (Å²) in [6, 6.07) is 5.93. The summed E-state index contributed by atoms with van der Waals surface area (Å²) in [5, 5.41) is 8.84. The number of nitrogens with one attached hydrogen (secondary N) is 3. The van der Waals surface area contributed by atoms with Crippen molar-refractivity contribution >= 4 is 6.03 Å². The minimum absolute atomic E-state index is 0.175. The monoisotopic (exact) mass is 251 g/mol. The Hall–Kier alpha value is -1.62. The molecule has 1 unspecified atom stereocenters. The van der Waals surface area contributed by atoms with E-state index in [0.29, 0.717) is 19.0 Å². The Bertz CT molecular complexity index is 388. The molecule has 0 aromatic heterocycles. The zero-order valence-corrected chi connectivity index (χ0v) is 10.2. The Morgan fingerprint density at radius 1 is 1.33 bits per heavy atom. The molecule has 0 bridgehead atoms. The predicted octanol–water partition coefficient (Wildman–Crippen LogP) is 1.23. The number of carbonyl (C=O) groups excluding carboxylic acids is 1. The maximum atomic E-state index is 12.7. The van der Waals surface area contributed by atoms with E-state index in [1.807, 2.05) is 0 Å². The van der Waals surface area contributed by atoms with Crippen LogP contribution in [-0.4, -0.2) is 25.7 Å². The van der Waals surface area contributed by atoms with Crippen LogP contribution in [0.1, 0.15) is 12.0 Å². The molecule has 1 saturated heterocycles. The first-order valence-electron chi connectivity index (χ1n) is 6.21. The van der Waals surface area contributed by atoms with Crippen LogP contribution in [-0.2, 0) is 6.54 Å². The Morgan fingerprint density at radius 2 is 2.11 bits per heavy atom. The van der Waals surface area contributed by atoms with Crippen LogP contribution in [0.5, 0.6) is 0 Å². The fraction of sp³-hybridized carbons (Fsp3) is 0.462. The normalized spacial score (nSPS) is 18.6. The highest BCUT2D eigenvalue weighted by Gasteiger charge is 2.14. The van der Waals surface area contributed by atoms with Gasteiger partial charge in [-0.1, -0.05) is 12.1 Å². The van der Waals surface area contributed by atoms with Crippen molar-refractivity contribution in [2.75, 3.05) is 19.6 Å². The van der Waals surface area contributed by atoms with E-state index in [9.17, 15) is 9.18 Å². The van der Waals surface area contributed by atoms with Crippen molar-refractivity contribution in [3.05, 3.63) is 35.6 Å². The summed E-state index contributed by atoms with van der Waals surface area (Å²) < 4.78 is 12.7. The van der Waals surface area contributed by atoms with Crippen molar-refractivity contribution in [2.24, 2.45) is 5.92 Å². The summed E-state index contributed by atoms with van der Waals surface area (Å²) in [5.74, 6) is 0.263. The quantitative estimate of drug-likeness (QED) is 0.754. The fourth-order valence-corrected chi connectivity index (χ4v) is 1.97. The lowest BCUT2D eigenvalue weighted by Gasteiger charge is -2.11. The molecule has 1 aromatic carbocycles. The van der Waals surface area contributed by atoms with Gasteiger partial charge in [-0.15, -0.1) is 0 Å². The zero-order chi connectivity index (χ0) is 12.8. The molecule has 1 aromatic rings. The van der Waals surface area contributed by atoms with E-state index in [4.69, 9.17) is 0 Å². The smallest absolute Gasteiger partial charge is 0.315 e. The molecule has 98 valence electrons. The molecule has 0 spiro atoms. The molecule has 2 amide bonds. The van der Waals surface area contributed by atoms with Crippen molar-refractivity contribution in [1.82, 2.24) is 16.0 Å². The van der Waals surface area contributed by atoms with Gasteiger partial charge in [-0.25, -0.2) is 9.18 Å². The molecule has 1 fully saturated rings. The molecular formula is C13H18FN3O. The highest BCUT2D eigenvalue weighted by Crippen LogP contribution is 2.05. The summed E-state index contributed by atoms with van der Waals surface area (Å²) in [7, 11) is 0. The Morgan fingerprint density at radius 3 is 2.78 bits per heavy atom. The first kappa shape index (κ1) is 12.8. The third-order valence-electron chi connectivity index (χ3n) is 3.08. The second-order valence-electron chi connectivity index (χ2n) is 4.55. The van der Waals surface area contributed by atoms with Crippen LogP contribution in [0.25, 0.3) is 0 Å². The SMILES string of the molecule is O=C(NCc1ccc(F)cc1)NCC1CCNC1. The van der Waals surface area contributed by atoms with Crippen LogP contribution in [0, 0.1) is 11.7 Å². The molecule has 1 aliphatic heterocycles. The second kappa shape index (κ2) is 6.35. The number of rotatable bonds is 4. The first-order valence-corrected chi connectivity index (χ1v) is 6.21. The average Bonchev–Trinajstić information content (AvgIpc) is 2.89. The maximum Gasteiger partial charge on any atom is 0.315 e. The number of hydrogen-bond donors (Lipinski definition) is 3. The largest absolute Gasteiger partial charge is 0.338 e. The summed E-state index contributed by atoms with van der Waals surface area (Å²) in [6.07, 6.45) is 1.11. The van der Waals surface area contributed by atoms with Crippen molar-refractivity contribution in [3.63, 3.8) is 0 Å². The van der Waals surface area contributed by atoms with Gasteiger partial charge < -0.3 is 16.0 Å². The van der Waals surface area contributed by atoms with Crippen LogP contribution >= 0.6 is 0 Å². The van der Waals surface area contributed by atoms with E-state index in [1.165, 1.54) is 12.1 Å². The predicted molar refractivity (Wildman–Crippen MR) is 67.6 cm³/mol. The topological polar surface area (TPSA) is 53.2 Å². The lowest BCUT2D eigenvalue weighted by molar-refractivity contribution is 0.239. The molecule has 18 heavy (non-hydrogen) atoms. The van der Waals surface area contributed by atoms with Gasteiger partial charge in [0.05, 0.1) is 0 Å². The number of amides is 2. The lowest BCUT2D eigenvalue weighted by atomic mass is 10.1. The van der Waals surface area contributed by atoms with Crippen molar-refractivity contribution in [2.45, 2.75) is 13.0 Å². The lowest BCUT2D eigenvalue weighted by Crippen LogP contribution is -2.38. The van der Waals surface area contributed by atoms with Crippen LogP contribution in [0.2, 0.25) is 0 Å². The Labute approximate surface area is 106 Å². The third-order valence-corrected chi connectivity index (χ3v) is 3.08.